The van der Waals surface area contributed by atoms with Crippen molar-refractivity contribution >= 4 is 38.0 Å². The van der Waals surface area contributed by atoms with E-state index in [1.807, 2.05) is 0 Å². The molecule has 0 aliphatic carbocycles. The smallest absolute Gasteiger partial charge is 0.408 e. The predicted molar refractivity (Wildman–Crippen MR) is 65.7 cm³/mol. The quantitative estimate of drug-likeness (QED) is 0.778. The molecule has 98 valence electrons. The van der Waals surface area contributed by atoms with Gasteiger partial charge in [0.2, 0.25) is 0 Å². The number of hydrogen-bond acceptors (Lipinski definition) is 3. The summed E-state index contributed by atoms with van der Waals surface area (Å²) in [6.07, 6.45) is -0.897. The van der Waals surface area contributed by atoms with Gasteiger partial charge in [-0.2, -0.15) is 0 Å². The minimum atomic E-state index is -3.22. The lowest BCUT2D eigenvalue weighted by Gasteiger charge is -2.32. The topological polar surface area (TPSA) is 58.6 Å². The monoisotopic (exact) mass is 385 g/mol. The highest BCUT2D eigenvalue weighted by Crippen LogP contribution is 2.40. The van der Waals surface area contributed by atoms with E-state index in [0.29, 0.717) is 0 Å². The lowest BCUT2D eigenvalue weighted by molar-refractivity contribution is -0.104. The molecule has 18 heavy (non-hydrogen) atoms. The van der Waals surface area contributed by atoms with Crippen molar-refractivity contribution in [3.63, 3.8) is 0 Å². The van der Waals surface area contributed by atoms with Crippen molar-refractivity contribution < 1.29 is 23.4 Å². The number of amides is 1. The molecule has 2 N–H and O–H groups in total. The maximum absolute atomic E-state index is 13.7. The molecule has 1 aliphatic rings. The van der Waals surface area contributed by atoms with Crippen LogP contribution in [-0.2, 0) is 4.74 Å². The van der Waals surface area contributed by atoms with Gasteiger partial charge in [-0.1, -0.05) is 0 Å². The number of ether oxygens (including phenoxy) is 1. The summed E-state index contributed by atoms with van der Waals surface area (Å²) in [7, 11) is 0. The molecule has 1 aromatic carbocycles. The van der Waals surface area contributed by atoms with Crippen molar-refractivity contribution in [1.29, 1.82) is 0 Å². The fourth-order valence-electron chi connectivity index (χ4n) is 1.59. The maximum Gasteiger partial charge on any atom is 0.408 e. The van der Waals surface area contributed by atoms with Crippen LogP contribution in [0.15, 0.2) is 21.1 Å². The number of alkyl carbamates (subject to hydrolysis) is 1. The van der Waals surface area contributed by atoms with Crippen molar-refractivity contribution in [2.45, 2.75) is 12.0 Å². The molecular weight excluding hydrogens is 380 g/mol. The second-order valence-electron chi connectivity index (χ2n) is 3.75. The highest BCUT2D eigenvalue weighted by molar-refractivity contribution is 9.11. The van der Waals surface area contributed by atoms with Crippen LogP contribution >= 0.6 is 31.9 Å². The molecule has 0 bridgehead atoms. The first-order chi connectivity index (χ1) is 8.31. The third-order valence-electron chi connectivity index (χ3n) is 2.45. The minimum Gasteiger partial charge on any atom is -0.506 e. The van der Waals surface area contributed by atoms with Crippen LogP contribution in [0, 0.1) is 0 Å². The van der Waals surface area contributed by atoms with Gasteiger partial charge in [-0.05, 0) is 49.6 Å². The number of rotatable bonds is 1. The Morgan fingerprint density at radius 2 is 1.94 bits per heavy atom. The number of phenolic OH excluding ortho intramolecular Hbond substituents is 1. The second-order valence-corrected chi connectivity index (χ2v) is 5.46. The molecule has 0 aromatic heterocycles. The number of carbonyl (C=O) groups excluding carboxylic acids is 1. The van der Waals surface area contributed by atoms with Gasteiger partial charge in [0.15, 0.2) is 6.61 Å². The largest absolute Gasteiger partial charge is 0.506 e. The number of alkyl halides is 2. The van der Waals surface area contributed by atoms with Crippen molar-refractivity contribution in [1.82, 2.24) is 5.32 Å². The van der Waals surface area contributed by atoms with Crippen LogP contribution in [0.2, 0.25) is 0 Å². The molecule has 4 nitrogen and oxygen atoms in total. The Labute approximate surface area is 118 Å². The molecule has 0 saturated carbocycles. The van der Waals surface area contributed by atoms with Gasteiger partial charge in [0.25, 0.3) is 0 Å². The zero-order valence-corrected chi connectivity index (χ0v) is 11.9. The number of nitrogens with one attached hydrogen (secondary N) is 1. The van der Waals surface area contributed by atoms with Gasteiger partial charge in [0.05, 0.1) is 8.95 Å². The lowest BCUT2D eigenvalue weighted by atomic mass is 10.00. The molecule has 1 aliphatic heterocycles. The van der Waals surface area contributed by atoms with E-state index >= 15 is 0 Å². The molecule has 1 heterocycles. The molecule has 1 fully saturated rings. The van der Waals surface area contributed by atoms with Crippen LogP contribution in [0.25, 0.3) is 0 Å². The average Bonchev–Trinajstić information content (AvgIpc) is 2.28. The van der Waals surface area contributed by atoms with Crippen LogP contribution in [0.4, 0.5) is 13.6 Å². The number of hydrogen-bond donors (Lipinski definition) is 2. The number of carbonyl (C=O) groups is 1. The Morgan fingerprint density at radius 1 is 1.39 bits per heavy atom. The predicted octanol–water partition coefficient (Wildman–Crippen LogP) is 3.33. The molecular formula is C10H7Br2F2NO3. The summed E-state index contributed by atoms with van der Waals surface area (Å²) in [5, 5.41) is 11.6. The lowest BCUT2D eigenvalue weighted by Crippen LogP contribution is -2.49. The van der Waals surface area contributed by atoms with Crippen molar-refractivity contribution in [2.24, 2.45) is 0 Å². The van der Waals surface area contributed by atoms with Crippen molar-refractivity contribution in [3.05, 3.63) is 26.6 Å². The van der Waals surface area contributed by atoms with Crippen LogP contribution in [0.5, 0.6) is 5.75 Å². The Kier molecular flexibility index (Phi) is 3.50. The van der Waals surface area contributed by atoms with E-state index in [1.54, 1.807) is 0 Å². The molecule has 2 rings (SSSR count). The van der Waals surface area contributed by atoms with Gasteiger partial charge in [-0.15, -0.1) is 0 Å². The highest BCUT2D eigenvalue weighted by Gasteiger charge is 2.47. The summed E-state index contributed by atoms with van der Waals surface area (Å²) in [5.41, 5.74) is 0.160. The van der Waals surface area contributed by atoms with E-state index in [4.69, 9.17) is 0 Å². The van der Waals surface area contributed by atoms with Gasteiger partial charge in [0, 0.05) is 0 Å². The number of benzene rings is 1. The second kappa shape index (κ2) is 4.65. The first kappa shape index (κ1) is 13.5. The third-order valence-corrected chi connectivity index (χ3v) is 3.66. The zero-order valence-electron chi connectivity index (χ0n) is 8.71. The third kappa shape index (κ3) is 2.44. The molecule has 0 radical (unpaired) electrons. The molecule has 0 unspecified atom stereocenters. The summed E-state index contributed by atoms with van der Waals surface area (Å²) in [5.74, 6) is -3.32. The molecule has 1 aromatic rings. The van der Waals surface area contributed by atoms with Gasteiger partial charge >= 0.3 is 12.0 Å². The highest BCUT2D eigenvalue weighted by atomic mass is 79.9. The number of phenols is 1. The van der Waals surface area contributed by atoms with Gasteiger partial charge in [-0.25, -0.2) is 13.6 Å². The Hall–Kier alpha value is -0.890. The van der Waals surface area contributed by atoms with E-state index in [1.165, 1.54) is 12.1 Å². The molecule has 1 amide bonds. The summed E-state index contributed by atoms with van der Waals surface area (Å²) >= 11 is 6.09. The molecule has 1 saturated heterocycles. The number of halogens is 4. The Balaban J connectivity index is 2.43. The van der Waals surface area contributed by atoms with Crippen molar-refractivity contribution in [2.75, 3.05) is 6.61 Å². The Morgan fingerprint density at radius 3 is 2.50 bits per heavy atom. The average molecular weight is 387 g/mol. The fraction of sp³-hybridized carbons (Fsp3) is 0.300. The molecule has 1 atom stereocenters. The van der Waals surface area contributed by atoms with Gasteiger partial charge in [-0.3, -0.25) is 0 Å². The summed E-state index contributed by atoms with van der Waals surface area (Å²) in [6, 6.07) is 1.15. The van der Waals surface area contributed by atoms with E-state index in [9.17, 15) is 18.7 Å². The van der Waals surface area contributed by atoms with Crippen LogP contribution < -0.4 is 5.32 Å². The minimum absolute atomic E-state index is 0.0968. The fourth-order valence-corrected chi connectivity index (χ4v) is 2.81. The standard InChI is InChI=1S/C10H7Br2F2NO3/c11-5-1-4(2-6(12)7(5)16)8-10(13,14)3-18-9(17)15-8/h1-2,8,16H,3H2,(H,15,17)/t8-/m1/s1. The summed E-state index contributed by atoms with van der Waals surface area (Å²) < 4.78 is 32.1. The van der Waals surface area contributed by atoms with Gasteiger partial charge < -0.3 is 15.2 Å². The summed E-state index contributed by atoms with van der Waals surface area (Å²) in [6.45, 7) is -0.973. The first-order valence-corrected chi connectivity index (χ1v) is 6.39. The van der Waals surface area contributed by atoms with E-state index < -0.39 is 24.7 Å². The van der Waals surface area contributed by atoms with E-state index in [2.05, 4.69) is 41.9 Å². The van der Waals surface area contributed by atoms with Crippen molar-refractivity contribution in [3.8, 4) is 5.75 Å². The van der Waals surface area contributed by atoms with E-state index in [0.717, 1.165) is 0 Å². The number of aromatic hydroxyl groups is 1. The SMILES string of the molecule is O=C1N[C@H](c2cc(Br)c(O)c(Br)c2)C(F)(F)CO1. The number of cyclic esters (lactones) is 1. The Bertz CT molecular complexity index is 487. The van der Waals surface area contributed by atoms with Gasteiger partial charge in [0.1, 0.15) is 11.8 Å². The first-order valence-electron chi connectivity index (χ1n) is 4.80. The zero-order chi connectivity index (χ0) is 13.5. The van der Waals surface area contributed by atoms with E-state index in [-0.39, 0.29) is 20.3 Å². The normalized spacial score (nSPS) is 22.2. The van der Waals surface area contributed by atoms with Crippen LogP contribution in [0.3, 0.4) is 0 Å². The van der Waals surface area contributed by atoms with Crippen LogP contribution in [0.1, 0.15) is 11.6 Å². The summed E-state index contributed by atoms with van der Waals surface area (Å²) in [4.78, 5) is 11.0. The van der Waals surface area contributed by atoms with Crippen LogP contribution in [-0.4, -0.2) is 23.7 Å². The molecule has 8 heteroatoms. The maximum atomic E-state index is 13.7. The molecule has 0 spiro atoms.